The summed E-state index contributed by atoms with van der Waals surface area (Å²) in [6.07, 6.45) is 9.75. The van der Waals surface area contributed by atoms with E-state index in [0.29, 0.717) is 11.8 Å². The normalized spacial score (nSPS) is 17.1. The first-order chi connectivity index (χ1) is 13.2. The van der Waals surface area contributed by atoms with Crippen LogP contribution in [0.25, 0.3) is 0 Å². The van der Waals surface area contributed by atoms with E-state index in [1.165, 1.54) is 0 Å². The zero-order chi connectivity index (χ0) is 18.6. The van der Waals surface area contributed by atoms with Gasteiger partial charge in [-0.25, -0.2) is 4.98 Å². The molecule has 27 heavy (non-hydrogen) atoms. The monoisotopic (exact) mass is 365 g/mol. The lowest BCUT2D eigenvalue weighted by Crippen LogP contribution is -2.36. The summed E-state index contributed by atoms with van der Waals surface area (Å²) in [4.78, 5) is 19.5. The Labute approximate surface area is 158 Å². The molecule has 0 saturated carbocycles. The Kier molecular flexibility index (Phi) is 4.86. The Bertz CT molecular complexity index is 896. The molecule has 3 aromatic heterocycles. The van der Waals surface area contributed by atoms with Crippen molar-refractivity contribution >= 4 is 11.8 Å². The Morgan fingerprint density at radius 1 is 1.30 bits per heavy atom. The van der Waals surface area contributed by atoms with Crippen LogP contribution in [-0.2, 0) is 6.54 Å². The fraction of sp³-hybridized carbons (Fsp3) is 0.368. The molecule has 1 aliphatic heterocycles. The quantitative estimate of drug-likeness (QED) is 0.740. The molecular weight excluding hydrogens is 342 g/mol. The van der Waals surface area contributed by atoms with Crippen molar-refractivity contribution in [3.8, 4) is 5.88 Å². The fourth-order valence-electron chi connectivity index (χ4n) is 3.60. The number of nitrogen functional groups attached to an aromatic ring is 1. The van der Waals surface area contributed by atoms with Crippen LogP contribution in [0.15, 0.2) is 43.0 Å². The van der Waals surface area contributed by atoms with Gasteiger partial charge < -0.3 is 19.9 Å². The van der Waals surface area contributed by atoms with Gasteiger partial charge in [0.1, 0.15) is 11.6 Å². The summed E-state index contributed by atoms with van der Waals surface area (Å²) in [5, 5.41) is 0. The van der Waals surface area contributed by atoms with Gasteiger partial charge in [-0.1, -0.05) is 6.07 Å². The standard InChI is InChI=1S/C19H23N7O/c1-27-17-10-16(23-19(20)24-17)25-8-3-5-15(13-25)18-22-7-9-26(18)12-14-4-2-6-21-11-14/h2,4,6-7,9-11,15H,3,5,8,12-13H2,1H3,(H2,20,23,24)/t15-/m0/s1. The maximum absolute atomic E-state index is 5.83. The number of anilines is 2. The van der Waals surface area contributed by atoms with Crippen LogP contribution in [0.3, 0.4) is 0 Å². The number of hydrogen-bond acceptors (Lipinski definition) is 7. The molecule has 8 nitrogen and oxygen atoms in total. The molecule has 0 aliphatic carbocycles. The summed E-state index contributed by atoms with van der Waals surface area (Å²) in [5.41, 5.74) is 6.99. The van der Waals surface area contributed by atoms with Gasteiger partial charge in [0.05, 0.1) is 13.7 Å². The highest BCUT2D eigenvalue weighted by atomic mass is 16.5. The van der Waals surface area contributed by atoms with E-state index in [1.54, 1.807) is 13.3 Å². The smallest absolute Gasteiger partial charge is 0.225 e. The summed E-state index contributed by atoms with van der Waals surface area (Å²) in [6.45, 7) is 2.54. The number of nitrogens with two attached hydrogens (primary N) is 1. The summed E-state index contributed by atoms with van der Waals surface area (Å²) >= 11 is 0. The van der Waals surface area contributed by atoms with Crippen LogP contribution >= 0.6 is 0 Å². The Balaban J connectivity index is 1.54. The Morgan fingerprint density at radius 3 is 3.04 bits per heavy atom. The van der Waals surface area contributed by atoms with Gasteiger partial charge in [0.2, 0.25) is 11.8 Å². The van der Waals surface area contributed by atoms with Crippen molar-refractivity contribution in [1.29, 1.82) is 0 Å². The van der Waals surface area contributed by atoms with Crippen LogP contribution < -0.4 is 15.4 Å². The van der Waals surface area contributed by atoms with Crippen molar-refractivity contribution in [2.75, 3.05) is 30.8 Å². The van der Waals surface area contributed by atoms with E-state index in [2.05, 4.69) is 35.5 Å². The summed E-state index contributed by atoms with van der Waals surface area (Å²) in [6, 6.07) is 5.88. The molecule has 0 unspecified atom stereocenters. The fourth-order valence-corrected chi connectivity index (χ4v) is 3.60. The van der Waals surface area contributed by atoms with E-state index in [4.69, 9.17) is 10.5 Å². The van der Waals surface area contributed by atoms with Crippen molar-refractivity contribution in [3.63, 3.8) is 0 Å². The third kappa shape index (κ3) is 3.84. The highest BCUT2D eigenvalue weighted by Gasteiger charge is 2.26. The SMILES string of the molecule is COc1cc(N2CCC[C@H](c3nccn3Cc3cccnc3)C2)nc(N)n1. The lowest BCUT2D eigenvalue weighted by atomic mass is 9.97. The van der Waals surface area contributed by atoms with E-state index in [1.807, 2.05) is 30.7 Å². The van der Waals surface area contributed by atoms with Gasteiger partial charge in [0.15, 0.2) is 0 Å². The Hall–Kier alpha value is -3.16. The second kappa shape index (κ2) is 7.61. The van der Waals surface area contributed by atoms with Gasteiger partial charge in [0.25, 0.3) is 0 Å². The number of imidazole rings is 1. The molecular formula is C19H23N7O. The van der Waals surface area contributed by atoms with Crippen molar-refractivity contribution in [3.05, 3.63) is 54.4 Å². The number of piperidine rings is 1. The molecule has 8 heteroatoms. The second-order valence-electron chi connectivity index (χ2n) is 6.69. The van der Waals surface area contributed by atoms with Gasteiger partial charge in [-0.3, -0.25) is 4.98 Å². The number of ether oxygens (including phenoxy) is 1. The molecule has 0 spiro atoms. The van der Waals surface area contributed by atoms with Crippen LogP contribution in [0.5, 0.6) is 5.88 Å². The predicted molar refractivity (Wildman–Crippen MR) is 103 cm³/mol. The molecule has 4 rings (SSSR count). The molecule has 2 N–H and O–H groups in total. The highest BCUT2D eigenvalue weighted by Crippen LogP contribution is 2.30. The van der Waals surface area contributed by atoms with Crippen LogP contribution in [0.2, 0.25) is 0 Å². The van der Waals surface area contributed by atoms with Crippen molar-refractivity contribution in [2.45, 2.75) is 25.3 Å². The molecule has 0 radical (unpaired) electrons. The number of pyridine rings is 1. The number of aromatic nitrogens is 5. The molecule has 1 fully saturated rings. The minimum absolute atomic E-state index is 0.226. The van der Waals surface area contributed by atoms with Crippen LogP contribution in [0, 0.1) is 0 Å². The first kappa shape index (κ1) is 17.3. The maximum atomic E-state index is 5.83. The topological polar surface area (TPSA) is 95.0 Å². The molecule has 140 valence electrons. The molecule has 4 heterocycles. The average Bonchev–Trinajstić information content (AvgIpc) is 3.16. The lowest BCUT2D eigenvalue weighted by molar-refractivity contribution is 0.397. The first-order valence-corrected chi connectivity index (χ1v) is 9.06. The number of nitrogens with zero attached hydrogens (tertiary/aromatic N) is 6. The Morgan fingerprint density at radius 2 is 2.22 bits per heavy atom. The van der Waals surface area contributed by atoms with Gasteiger partial charge in [0, 0.05) is 49.9 Å². The van der Waals surface area contributed by atoms with Crippen molar-refractivity contribution in [2.24, 2.45) is 0 Å². The third-order valence-electron chi connectivity index (χ3n) is 4.85. The predicted octanol–water partition coefficient (Wildman–Crippen LogP) is 2.09. The molecule has 0 bridgehead atoms. The van der Waals surface area contributed by atoms with Crippen molar-refractivity contribution < 1.29 is 4.74 Å². The van der Waals surface area contributed by atoms with Crippen LogP contribution in [-0.4, -0.2) is 44.7 Å². The second-order valence-corrected chi connectivity index (χ2v) is 6.69. The molecule has 1 aliphatic rings. The zero-order valence-corrected chi connectivity index (χ0v) is 15.3. The van der Waals surface area contributed by atoms with Crippen LogP contribution in [0.4, 0.5) is 11.8 Å². The maximum Gasteiger partial charge on any atom is 0.225 e. The summed E-state index contributed by atoms with van der Waals surface area (Å²) in [7, 11) is 1.58. The number of methoxy groups -OCH3 is 1. The molecule has 0 amide bonds. The summed E-state index contributed by atoms with van der Waals surface area (Å²) in [5.74, 6) is 2.93. The largest absolute Gasteiger partial charge is 0.481 e. The first-order valence-electron chi connectivity index (χ1n) is 9.06. The highest BCUT2D eigenvalue weighted by molar-refractivity contribution is 5.46. The minimum Gasteiger partial charge on any atom is -0.481 e. The van der Waals surface area contributed by atoms with E-state index in [0.717, 1.165) is 49.7 Å². The lowest BCUT2D eigenvalue weighted by Gasteiger charge is -2.33. The summed E-state index contributed by atoms with van der Waals surface area (Å²) < 4.78 is 7.44. The molecule has 0 aromatic carbocycles. The zero-order valence-electron chi connectivity index (χ0n) is 15.3. The van der Waals surface area contributed by atoms with E-state index in [9.17, 15) is 0 Å². The van der Waals surface area contributed by atoms with E-state index in [-0.39, 0.29) is 5.95 Å². The van der Waals surface area contributed by atoms with Crippen molar-refractivity contribution in [1.82, 2.24) is 24.5 Å². The molecule has 3 aromatic rings. The van der Waals surface area contributed by atoms with Crippen LogP contribution in [0.1, 0.15) is 30.1 Å². The van der Waals surface area contributed by atoms with E-state index < -0.39 is 0 Å². The number of rotatable bonds is 5. The van der Waals surface area contributed by atoms with Gasteiger partial charge in [-0.05, 0) is 24.5 Å². The van der Waals surface area contributed by atoms with E-state index >= 15 is 0 Å². The van der Waals surface area contributed by atoms with Gasteiger partial charge in [-0.2, -0.15) is 9.97 Å². The molecule has 1 atom stereocenters. The van der Waals surface area contributed by atoms with Gasteiger partial charge in [-0.15, -0.1) is 0 Å². The average molecular weight is 365 g/mol. The molecule has 1 saturated heterocycles. The third-order valence-corrected chi connectivity index (χ3v) is 4.85. The van der Waals surface area contributed by atoms with Gasteiger partial charge >= 0.3 is 0 Å². The minimum atomic E-state index is 0.226. The number of hydrogen-bond donors (Lipinski definition) is 1.